The number of anilines is 2. The van der Waals surface area contributed by atoms with Crippen molar-refractivity contribution in [1.82, 2.24) is 14.7 Å². The number of rotatable bonds is 5. The molecule has 0 aliphatic heterocycles. The first-order valence-corrected chi connectivity index (χ1v) is 9.99. The Balaban J connectivity index is 1.78. The number of aromatic nitrogens is 2. The molecule has 3 aromatic rings. The fourth-order valence-corrected chi connectivity index (χ4v) is 3.29. The van der Waals surface area contributed by atoms with Crippen molar-refractivity contribution in [2.75, 3.05) is 24.7 Å². The van der Waals surface area contributed by atoms with Gasteiger partial charge in [0.25, 0.3) is 11.8 Å². The van der Waals surface area contributed by atoms with E-state index in [1.54, 1.807) is 68.5 Å². The van der Waals surface area contributed by atoms with Crippen molar-refractivity contribution < 1.29 is 9.59 Å². The molecular formula is C21H21ClN6O2S. The largest absolute Gasteiger partial charge is 0.363 e. The number of benzene rings is 2. The number of hydrogen-bond donors (Lipinski definition) is 4. The average molecular weight is 457 g/mol. The van der Waals surface area contributed by atoms with E-state index in [9.17, 15) is 9.59 Å². The van der Waals surface area contributed by atoms with Crippen LogP contribution in [0.4, 0.5) is 11.5 Å². The van der Waals surface area contributed by atoms with Crippen LogP contribution in [0.2, 0.25) is 5.02 Å². The molecule has 0 aliphatic rings. The second-order valence-electron chi connectivity index (χ2n) is 6.92. The Labute approximate surface area is 190 Å². The van der Waals surface area contributed by atoms with E-state index in [-0.39, 0.29) is 11.4 Å². The first-order chi connectivity index (χ1) is 14.7. The molecule has 1 heterocycles. The van der Waals surface area contributed by atoms with Gasteiger partial charge in [-0.3, -0.25) is 19.7 Å². The van der Waals surface area contributed by atoms with Crippen LogP contribution >= 0.6 is 24.2 Å². The van der Waals surface area contributed by atoms with Crippen molar-refractivity contribution in [3.8, 4) is 0 Å². The molecule has 0 atom stereocenters. The van der Waals surface area contributed by atoms with Crippen molar-refractivity contribution in [2.24, 2.45) is 7.05 Å². The number of halogens is 1. The summed E-state index contributed by atoms with van der Waals surface area (Å²) in [6.07, 6.45) is 1.38. The number of thiol groups is 1. The van der Waals surface area contributed by atoms with Gasteiger partial charge in [-0.1, -0.05) is 23.7 Å². The first kappa shape index (κ1) is 22.4. The topological polar surface area (TPSA) is 103 Å². The van der Waals surface area contributed by atoms with E-state index in [1.807, 2.05) is 0 Å². The van der Waals surface area contributed by atoms with Crippen LogP contribution in [0.5, 0.6) is 0 Å². The summed E-state index contributed by atoms with van der Waals surface area (Å²) < 4.78 is 1.41. The van der Waals surface area contributed by atoms with Crippen molar-refractivity contribution >= 4 is 53.4 Å². The molecule has 3 rings (SSSR count). The molecule has 0 aliphatic carbocycles. The Hall–Kier alpha value is -3.30. The highest BCUT2D eigenvalue weighted by molar-refractivity contribution is 7.80. The van der Waals surface area contributed by atoms with E-state index in [2.05, 4.69) is 28.4 Å². The molecule has 160 valence electrons. The van der Waals surface area contributed by atoms with Crippen LogP contribution in [0.1, 0.15) is 26.3 Å². The van der Waals surface area contributed by atoms with Crippen LogP contribution in [0.25, 0.3) is 0 Å². The zero-order valence-corrected chi connectivity index (χ0v) is 18.8. The summed E-state index contributed by atoms with van der Waals surface area (Å²) in [5.41, 5.74) is 1.76. The molecule has 1 aromatic heterocycles. The molecule has 2 aromatic carbocycles. The normalized spacial score (nSPS) is 10.5. The molecular weight excluding hydrogens is 436 g/mol. The zero-order chi connectivity index (χ0) is 22.7. The minimum absolute atomic E-state index is 0.199. The predicted octanol–water partition coefficient (Wildman–Crippen LogP) is 3.75. The van der Waals surface area contributed by atoms with E-state index in [1.165, 1.54) is 10.9 Å². The van der Waals surface area contributed by atoms with Gasteiger partial charge in [0.05, 0.1) is 11.9 Å². The molecule has 0 bridgehead atoms. The Bertz CT molecular complexity index is 1160. The first-order valence-electron chi connectivity index (χ1n) is 9.17. The molecule has 0 spiro atoms. The number of carbonyl (C=O) groups is 2. The quantitative estimate of drug-likeness (QED) is 0.266. The fourth-order valence-electron chi connectivity index (χ4n) is 2.77. The van der Waals surface area contributed by atoms with Gasteiger partial charge in [0.15, 0.2) is 0 Å². The highest BCUT2D eigenvalue weighted by atomic mass is 35.5. The standard InChI is InChI=1S/C21H21ClN6O2S/c1-27(2)18(23)12-4-6-13(7-5-12)20(29)26-19-15(11-24-28(19)3)21(30)25-16-9-8-14(22)10-17(16)31/h4-11,23,31H,1-3H3,(H,25,30)(H,26,29). The van der Waals surface area contributed by atoms with Crippen molar-refractivity contribution in [3.05, 3.63) is 70.4 Å². The van der Waals surface area contributed by atoms with Crippen LogP contribution < -0.4 is 10.6 Å². The summed E-state index contributed by atoms with van der Waals surface area (Å²) in [4.78, 5) is 27.7. The molecule has 10 heteroatoms. The second-order valence-corrected chi connectivity index (χ2v) is 7.84. The van der Waals surface area contributed by atoms with Crippen LogP contribution in [-0.2, 0) is 7.05 Å². The zero-order valence-electron chi connectivity index (χ0n) is 17.1. The number of carbonyl (C=O) groups excluding carboxylic acids is 2. The van der Waals surface area contributed by atoms with Crippen molar-refractivity contribution in [2.45, 2.75) is 4.90 Å². The monoisotopic (exact) mass is 456 g/mol. The third-order valence-corrected chi connectivity index (χ3v) is 5.10. The average Bonchev–Trinajstić information content (AvgIpc) is 3.09. The lowest BCUT2D eigenvalue weighted by Gasteiger charge is -2.14. The number of nitrogens with one attached hydrogen (secondary N) is 3. The van der Waals surface area contributed by atoms with Crippen molar-refractivity contribution in [1.29, 1.82) is 5.41 Å². The molecule has 8 nitrogen and oxygen atoms in total. The number of nitrogens with zero attached hydrogens (tertiary/aromatic N) is 3. The molecule has 0 saturated heterocycles. The third kappa shape index (κ3) is 5.07. The lowest BCUT2D eigenvalue weighted by Crippen LogP contribution is -2.22. The molecule has 0 saturated carbocycles. The Kier molecular flexibility index (Phi) is 6.67. The minimum Gasteiger partial charge on any atom is -0.363 e. The fraction of sp³-hybridized carbons (Fsp3) is 0.143. The highest BCUT2D eigenvalue weighted by Crippen LogP contribution is 2.25. The van der Waals surface area contributed by atoms with Gasteiger partial charge in [0.2, 0.25) is 0 Å². The maximum absolute atomic E-state index is 12.8. The van der Waals surface area contributed by atoms with E-state index in [0.29, 0.717) is 32.6 Å². The highest BCUT2D eigenvalue weighted by Gasteiger charge is 2.20. The second kappa shape index (κ2) is 9.23. The van der Waals surface area contributed by atoms with Gasteiger partial charge in [-0.25, -0.2) is 0 Å². The summed E-state index contributed by atoms with van der Waals surface area (Å²) in [7, 11) is 5.18. The summed E-state index contributed by atoms with van der Waals surface area (Å²) in [6.45, 7) is 0. The van der Waals surface area contributed by atoms with Crippen LogP contribution in [0.15, 0.2) is 53.6 Å². The molecule has 31 heavy (non-hydrogen) atoms. The molecule has 3 N–H and O–H groups in total. The van der Waals surface area contributed by atoms with Crippen LogP contribution in [0, 0.1) is 5.41 Å². The van der Waals surface area contributed by atoms with Crippen molar-refractivity contribution in [3.63, 3.8) is 0 Å². The lowest BCUT2D eigenvalue weighted by atomic mass is 10.1. The minimum atomic E-state index is -0.448. The SMILES string of the molecule is CN(C)C(=N)c1ccc(C(=O)Nc2c(C(=O)Nc3ccc(Cl)cc3S)cnn2C)cc1. The van der Waals surface area contributed by atoms with Gasteiger partial charge in [0, 0.05) is 42.2 Å². The third-order valence-electron chi connectivity index (χ3n) is 4.49. The number of hydrogen-bond acceptors (Lipinski definition) is 5. The summed E-state index contributed by atoms with van der Waals surface area (Å²) >= 11 is 10.2. The summed E-state index contributed by atoms with van der Waals surface area (Å²) in [6, 6.07) is 11.5. The van der Waals surface area contributed by atoms with E-state index in [0.717, 1.165) is 0 Å². The summed E-state index contributed by atoms with van der Waals surface area (Å²) in [5, 5.41) is 18.1. The molecule has 0 fully saturated rings. The van der Waals surface area contributed by atoms with Gasteiger partial charge in [0.1, 0.15) is 17.2 Å². The van der Waals surface area contributed by atoms with E-state index < -0.39 is 11.8 Å². The Morgan fingerprint density at radius 2 is 1.71 bits per heavy atom. The smallest absolute Gasteiger partial charge is 0.261 e. The Morgan fingerprint density at radius 3 is 2.32 bits per heavy atom. The van der Waals surface area contributed by atoms with Crippen LogP contribution in [-0.4, -0.2) is 46.4 Å². The van der Waals surface area contributed by atoms with Gasteiger partial charge >= 0.3 is 0 Å². The van der Waals surface area contributed by atoms with Gasteiger partial charge in [-0.15, -0.1) is 12.6 Å². The molecule has 0 unspecified atom stereocenters. The van der Waals surface area contributed by atoms with Gasteiger partial charge in [-0.2, -0.15) is 5.10 Å². The Morgan fingerprint density at radius 1 is 1.06 bits per heavy atom. The number of amidine groups is 1. The maximum Gasteiger partial charge on any atom is 0.261 e. The van der Waals surface area contributed by atoms with E-state index in [4.69, 9.17) is 17.0 Å². The predicted molar refractivity (Wildman–Crippen MR) is 125 cm³/mol. The number of amides is 2. The summed E-state index contributed by atoms with van der Waals surface area (Å²) in [5.74, 6) is -0.261. The van der Waals surface area contributed by atoms with E-state index >= 15 is 0 Å². The molecule has 0 radical (unpaired) electrons. The number of aryl methyl sites for hydroxylation is 1. The van der Waals surface area contributed by atoms with Gasteiger partial charge < -0.3 is 15.5 Å². The van der Waals surface area contributed by atoms with Crippen LogP contribution in [0.3, 0.4) is 0 Å². The maximum atomic E-state index is 12.8. The van der Waals surface area contributed by atoms with Gasteiger partial charge in [-0.05, 0) is 30.3 Å². The molecule has 2 amide bonds. The lowest BCUT2D eigenvalue weighted by molar-refractivity contribution is 0.102.